The van der Waals surface area contributed by atoms with Gasteiger partial charge in [0.05, 0.1) is 11.2 Å². The molecule has 1 aromatic rings. The molecule has 0 bridgehead atoms. The Morgan fingerprint density at radius 1 is 1.67 bits per heavy atom. The zero-order valence-electron chi connectivity index (χ0n) is 9.19. The highest BCUT2D eigenvalue weighted by Crippen LogP contribution is 2.23. The largest absolute Gasteiger partial charge is 0.300 e. The third-order valence-corrected chi connectivity index (χ3v) is 4.00. The van der Waals surface area contributed by atoms with E-state index < -0.39 is 0 Å². The summed E-state index contributed by atoms with van der Waals surface area (Å²) in [6.45, 7) is 2.97. The fourth-order valence-corrected chi connectivity index (χ4v) is 2.84. The van der Waals surface area contributed by atoms with Crippen LogP contribution in [0.2, 0.25) is 0 Å². The predicted octanol–water partition coefficient (Wildman–Crippen LogP) is 2.00. The molecule has 1 saturated carbocycles. The number of nitrogens with zero attached hydrogens (tertiary/aromatic N) is 2. The highest BCUT2D eigenvalue weighted by molar-refractivity contribution is 7.09. The molecule has 4 heteroatoms. The van der Waals surface area contributed by atoms with Crippen molar-refractivity contribution in [2.75, 3.05) is 7.05 Å². The van der Waals surface area contributed by atoms with Gasteiger partial charge in [-0.1, -0.05) is 0 Å². The van der Waals surface area contributed by atoms with Crippen molar-refractivity contribution in [3.63, 3.8) is 0 Å². The Bertz CT molecular complexity index is 361. The quantitative estimate of drug-likeness (QED) is 0.787. The molecule has 1 aliphatic carbocycles. The van der Waals surface area contributed by atoms with Crippen LogP contribution in [0.1, 0.15) is 29.8 Å². The van der Waals surface area contributed by atoms with Crippen LogP contribution in [0, 0.1) is 6.92 Å². The van der Waals surface area contributed by atoms with E-state index in [1.54, 1.807) is 11.3 Å². The van der Waals surface area contributed by atoms with E-state index in [0.717, 1.165) is 31.5 Å². The van der Waals surface area contributed by atoms with Crippen LogP contribution in [-0.2, 0) is 11.3 Å². The van der Waals surface area contributed by atoms with Crippen LogP contribution in [-0.4, -0.2) is 28.8 Å². The smallest absolute Gasteiger partial charge is 0.134 e. The number of rotatable bonds is 3. The van der Waals surface area contributed by atoms with Crippen molar-refractivity contribution in [1.82, 2.24) is 9.88 Å². The van der Waals surface area contributed by atoms with Gasteiger partial charge < -0.3 is 0 Å². The minimum Gasteiger partial charge on any atom is -0.300 e. The molecule has 0 aromatic carbocycles. The molecule has 1 fully saturated rings. The van der Waals surface area contributed by atoms with Crippen molar-refractivity contribution in [2.24, 2.45) is 0 Å². The average Bonchev–Trinajstić information content (AvgIpc) is 2.77. The lowest BCUT2D eigenvalue weighted by atomic mass is 10.2. The summed E-state index contributed by atoms with van der Waals surface area (Å²) in [5.74, 6) is 0.410. The standard InChI is InChI=1S/C11H16N2OS/c1-8-11(15-7-12-8)6-13(2)9-3-4-10(14)5-9/h7,9H,3-6H2,1-2H3. The molecule has 82 valence electrons. The highest BCUT2D eigenvalue weighted by atomic mass is 32.1. The molecular weight excluding hydrogens is 208 g/mol. The summed E-state index contributed by atoms with van der Waals surface area (Å²) >= 11 is 1.70. The fourth-order valence-electron chi connectivity index (χ4n) is 2.00. The molecular formula is C11H16N2OS. The Balaban J connectivity index is 1.95. The van der Waals surface area contributed by atoms with Crippen LogP contribution in [0.25, 0.3) is 0 Å². The average molecular weight is 224 g/mol. The first-order valence-corrected chi connectivity index (χ1v) is 6.15. The lowest BCUT2D eigenvalue weighted by Crippen LogP contribution is -2.28. The first-order chi connectivity index (χ1) is 7.16. The van der Waals surface area contributed by atoms with Crippen molar-refractivity contribution in [1.29, 1.82) is 0 Å². The highest BCUT2D eigenvalue weighted by Gasteiger charge is 2.25. The number of carbonyl (C=O) groups excluding carboxylic acids is 1. The molecule has 1 heterocycles. The first-order valence-electron chi connectivity index (χ1n) is 5.27. The molecule has 0 saturated heterocycles. The summed E-state index contributed by atoms with van der Waals surface area (Å²) in [4.78, 5) is 19.0. The van der Waals surface area contributed by atoms with Crippen LogP contribution < -0.4 is 0 Å². The van der Waals surface area contributed by atoms with Gasteiger partial charge in [-0.15, -0.1) is 11.3 Å². The molecule has 0 radical (unpaired) electrons. The normalized spacial score (nSPS) is 21.5. The minimum absolute atomic E-state index is 0.410. The maximum Gasteiger partial charge on any atom is 0.134 e. The van der Waals surface area contributed by atoms with Gasteiger partial charge in [-0.25, -0.2) is 4.98 Å². The lowest BCUT2D eigenvalue weighted by Gasteiger charge is -2.22. The molecule has 0 N–H and O–H groups in total. The zero-order valence-corrected chi connectivity index (χ0v) is 10.0. The Hall–Kier alpha value is -0.740. The predicted molar refractivity (Wildman–Crippen MR) is 61.0 cm³/mol. The Morgan fingerprint density at radius 2 is 2.47 bits per heavy atom. The molecule has 0 amide bonds. The van der Waals surface area contributed by atoms with Gasteiger partial charge in [-0.05, 0) is 20.4 Å². The molecule has 1 aromatic heterocycles. The summed E-state index contributed by atoms with van der Waals surface area (Å²) in [5, 5.41) is 0. The van der Waals surface area contributed by atoms with E-state index in [4.69, 9.17) is 0 Å². The topological polar surface area (TPSA) is 33.2 Å². The number of aryl methyl sites for hydroxylation is 1. The lowest BCUT2D eigenvalue weighted by molar-refractivity contribution is -0.117. The van der Waals surface area contributed by atoms with Gasteiger partial charge in [0.2, 0.25) is 0 Å². The van der Waals surface area contributed by atoms with Crippen molar-refractivity contribution in [3.8, 4) is 0 Å². The number of thiazole rings is 1. The molecule has 15 heavy (non-hydrogen) atoms. The van der Waals surface area contributed by atoms with E-state index in [-0.39, 0.29) is 0 Å². The van der Waals surface area contributed by atoms with Crippen molar-refractivity contribution < 1.29 is 4.79 Å². The number of ketones is 1. The SMILES string of the molecule is Cc1ncsc1CN(C)C1CCC(=O)C1. The van der Waals surface area contributed by atoms with Crippen LogP contribution in [0.5, 0.6) is 0 Å². The van der Waals surface area contributed by atoms with Crippen molar-refractivity contribution >= 4 is 17.1 Å². The third kappa shape index (κ3) is 2.44. The van der Waals surface area contributed by atoms with Crippen molar-refractivity contribution in [2.45, 2.75) is 38.8 Å². The fraction of sp³-hybridized carbons (Fsp3) is 0.636. The minimum atomic E-state index is 0.410. The number of hydrogen-bond acceptors (Lipinski definition) is 4. The molecule has 0 aliphatic heterocycles. The van der Waals surface area contributed by atoms with E-state index in [2.05, 4.69) is 16.9 Å². The second kappa shape index (κ2) is 4.41. The second-order valence-electron chi connectivity index (χ2n) is 4.21. The first kappa shape index (κ1) is 10.8. The maximum absolute atomic E-state index is 11.2. The number of aromatic nitrogens is 1. The van der Waals surface area contributed by atoms with Crippen molar-refractivity contribution in [3.05, 3.63) is 16.1 Å². The van der Waals surface area contributed by atoms with Gasteiger partial charge in [0.15, 0.2) is 0 Å². The number of hydrogen-bond donors (Lipinski definition) is 0. The molecule has 3 nitrogen and oxygen atoms in total. The summed E-state index contributed by atoms with van der Waals surface area (Å²) in [6.07, 6.45) is 2.51. The third-order valence-electron chi connectivity index (χ3n) is 3.08. The molecule has 1 aliphatic rings. The molecule has 2 rings (SSSR count). The second-order valence-corrected chi connectivity index (χ2v) is 5.15. The van der Waals surface area contributed by atoms with Gasteiger partial charge in [0.25, 0.3) is 0 Å². The summed E-state index contributed by atoms with van der Waals surface area (Å²) in [6, 6.07) is 0.444. The van der Waals surface area contributed by atoms with Crippen LogP contribution in [0.15, 0.2) is 5.51 Å². The Morgan fingerprint density at radius 3 is 3.00 bits per heavy atom. The number of carbonyl (C=O) groups is 1. The van der Waals surface area contributed by atoms with Gasteiger partial charge >= 0.3 is 0 Å². The Labute approximate surface area is 94.1 Å². The monoisotopic (exact) mass is 224 g/mol. The van der Waals surface area contributed by atoms with Crippen LogP contribution in [0.3, 0.4) is 0 Å². The Kier molecular flexibility index (Phi) is 3.17. The van der Waals surface area contributed by atoms with Gasteiger partial charge in [-0.3, -0.25) is 9.69 Å². The van der Waals surface area contributed by atoms with Crippen LogP contribution in [0.4, 0.5) is 0 Å². The maximum atomic E-state index is 11.2. The summed E-state index contributed by atoms with van der Waals surface area (Å²) < 4.78 is 0. The molecule has 1 atom stereocenters. The van der Waals surface area contributed by atoms with Crippen LogP contribution >= 0.6 is 11.3 Å². The molecule has 1 unspecified atom stereocenters. The molecule has 0 spiro atoms. The number of Topliss-reactive ketones (excluding diaryl/α,β-unsaturated/α-hetero) is 1. The van der Waals surface area contributed by atoms with E-state index >= 15 is 0 Å². The van der Waals surface area contributed by atoms with E-state index in [0.29, 0.717) is 11.8 Å². The van der Waals surface area contributed by atoms with Gasteiger partial charge in [0.1, 0.15) is 5.78 Å². The van der Waals surface area contributed by atoms with E-state index in [1.807, 2.05) is 12.4 Å². The van der Waals surface area contributed by atoms with E-state index in [9.17, 15) is 4.79 Å². The summed E-state index contributed by atoms with van der Waals surface area (Å²) in [5.41, 5.74) is 3.01. The van der Waals surface area contributed by atoms with E-state index in [1.165, 1.54) is 4.88 Å². The van der Waals surface area contributed by atoms with Gasteiger partial charge in [-0.2, -0.15) is 0 Å². The van der Waals surface area contributed by atoms with Gasteiger partial charge in [0, 0.05) is 30.3 Å². The summed E-state index contributed by atoms with van der Waals surface area (Å²) in [7, 11) is 2.10. The zero-order chi connectivity index (χ0) is 10.8.